The van der Waals surface area contributed by atoms with Gasteiger partial charge in [-0.05, 0) is 34.6 Å². The van der Waals surface area contributed by atoms with Gasteiger partial charge >= 0.3 is 252 Å². The number of aromatic nitrogens is 5. The number of aryl methyl sites for hydroxylation is 5. The molecule has 0 bridgehead atoms. The molecule has 0 aliphatic carbocycles. The molecule has 0 aliphatic rings. The van der Waals surface area contributed by atoms with Crippen LogP contribution in [0.2, 0.25) is 0 Å². The van der Waals surface area contributed by atoms with Crippen molar-refractivity contribution in [2.24, 2.45) is 0 Å². The molecule has 2 rings (SSSR count). The van der Waals surface area contributed by atoms with Gasteiger partial charge in [0.25, 0.3) is 0 Å². The second-order valence-electron chi connectivity index (χ2n) is 3.40. The fourth-order valence-electron chi connectivity index (χ4n) is 0.973. The van der Waals surface area contributed by atoms with Crippen molar-refractivity contribution in [1.82, 2.24) is 25.4 Å². The van der Waals surface area contributed by atoms with E-state index < -0.39 is 0 Å². The summed E-state index contributed by atoms with van der Waals surface area (Å²) in [5.41, 5.74) is 3.92. The Morgan fingerprint density at radius 2 is 1.23 bits per heavy atom. The maximum atomic E-state index is 4.10. The minimum atomic E-state index is 0. The number of hydrogen-bond donors (Lipinski definition) is 0. The van der Waals surface area contributed by atoms with Crippen molar-refractivity contribution in [2.45, 2.75) is 42.0 Å². The van der Waals surface area contributed by atoms with Gasteiger partial charge in [0, 0.05) is 0 Å². The molecular weight excluding hydrogens is 715 g/mol. The van der Waals surface area contributed by atoms with Crippen LogP contribution in [0, 0.1) is 34.6 Å². The van der Waals surface area contributed by atoms with Crippen LogP contribution in [0.5, 0.6) is 0 Å². The fraction of sp³-hybridized carbons (Fsp3) is 0.545. The molecule has 0 unspecified atom stereocenters. The Balaban J connectivity index is -0.0000000645. The third-order valence-electron chi connectivity index (χ3n) is 2.10. The normalized spacial score (nSPS) is 7.32. The molecule has 0 saturated carbocycles. The topological polar surface area (TPSA) is 66.9 Å². The molecule has 22 heavy (non-hydrogen) atoms. The molecule has 0 radical (unpaired) electrons. The van der Waals surface area contributed by atoms with E-state index in [4.69, 9.17) is 0 Å². The first-order valence-corrected chi connectivity index (χ1v) is 74.7. The molecule has 2 aromatic rings. The van der Waals surface area contributed by atoms with Crippen LogP contribution in [-0.2, 0) is 0 Å². The summed E-state index contributed by atoms with van der Waals surface area (Å²) in [6, 6.07) is 0. The average molecular weight is 734 g/mol. The van der Waals surface area contributed by atoms with Crippen LogP contribution in [0.25, 0.3) is 0 Å². The molecule has 11 heteroatoms. The number of rotatable bonds is 0. The van der Waals surface area contributed by atoms with Gasteiger partial charge in [0.05, 0.1) is 0 Å². The zero-order valence-electron chi connectivity index (χ0n) is 15.7. The Labute approximate surface area is 331 Å². The first-order valence-electron chi connectivity index (χ1n) is 6.74. The molecule has 0 N–H and O–H groups in total. The van der Waals surface area contributed by atoms with Gasteiger partial charge in [0.2, 0.25) is 0 Å². The van der Waals surface area contributed by atoms with Gasteiger partial charge in [0.15, 0.2) is 0 Å². The number of hydrogen-bond acceptors (Lipinski definition) is 3. The minimum absolute atomic E-state index is 0. The van der Waals surface area contributed by atoms with Crippen molar-refractivity contribution in [3.8, 4) is 0 Å². The second-order valence-corrected chi connectivity index (χ2v) is 3.40. The van der Waals surface area contributed by atoms with Crippen LogP contribution in [-0.4, -0.2) is 151 Å². The van der Waals surface area contributed by atoms with Crippen molar-refractivity contribution < 1.29 is 116 Å². The van der Waals surface area contributed by atoms with Crippen molar-refractivity contribution in [3.63, 3.8) is 0 Å². The Morgan fingerprint density at radius 3 is 1.32 bits per heavy atom. The molecule has 0 atom stereocenters. The molecule has 0 amide bonds. The van der Waals surface area contributed by atoms with Gasteiger partial charge in [0.1, 0.15) is 0 Å². The van der Waals surface area contributed by atoms with Gasteiger partial charge in [-0.3, -0.25) is 5.21 Å². The maximum absolute atomic E-state index is 4.10. The predicted molar refractivity (Wildman–Crippen MR) is 86.3 cm³/mol. The third-order valence-corrected chi connectivity index (χ3v) is 2.10. The zero-order valence-corrected chi connectivity index (χ0v) is 45.2. The van der Waals surface area contributed by atoms with E-state index in [1.54, 1.807) is 0 Å². The SMILES string of the molecule is C.Cc1nc(C)c(C)[n-]1.Cc1nn[n-]c1C.[Rb+].[Rb+].[Rb][Rb].[Rb][Rb]. The summed E-state index contributed by atoms with van der Waals surface area (Å²) >= 11 is 4.64. The quantitative estimate of drug-likeness (QED) is 0.270. The molecule has 0 aromatic carbocycles. The van der Waals surface area contributed by atoms with E-state index in [1.165, 1.54) is 0 Å². The molecule has 0 aliphatic heterocycles. The summed E-state index contributed by atoms with van der Waals surface area (Å²) in [6.07, 6.45) is 0. The Hall–Kier alpha value is 9.18. The van der Waals surface area contributed by atoms with Crippen molar-refractivity contribution in [1.29, 1.82) is 0 Å². The molecule has 0 saturated heterocycles. The third kappa shape index (κ3) is 23.8. The Morgan fingerprint density at radius 1 is 0.773 bits per heavy atom. The first kappa shape index (κ1) is 41.4. The van der Waals surface area contributed by atoms with Gasteiger partial charge in [-0.15, -0.1) is 0 Å². The number of imidazole rings is 1. The molecule has 5 nitrogen and oxygen atoms in total. The van der Waals surface area contributed by atoms with E-state index in [0.717, 1.165) is 164 Å². The van der Waals surface area contributed by atoms with Gasteiger partial charge in [-0.1, -0.05) is 36.0 Å². The van der Waals surface area contributed by atoms with Crippen molar-refractivity contribution >= 4 is 135 Å². The van der Waals surface area contributed by atoms with Gasteiger partial charge in [-0.2, -0.15) is 0 Å². The standard InChI is InChI=1S/C6H9N2.C4H6N3.CH4.6Rb/c1-4-5(2)8-6(3)7-4;1-3-4(2)6-7-5-3;;;;;;;/h1-3H3;1-2H3;1H4;;;;;;/q2*-1;;;;;;2*+1. The van der Waals surface area contributed by atoms with Crippen LogP contribution in [0.1, 0.15) is 36.0 Å². The Kier molecular flexibility index (Phi) is 56.8. The summed E-state index contributed by atoms with van der Waals surface area (Å²) in [5, 5.41) is 10.7. The molecule has 2 heterocycles. The summed E-state index contributed by atoms with van der Waals surface area (Å²) in [5.74, 6) is 0.875. The number of nitrogens with zero attached hydrogens (tertiary/aromatic N) is 5. The fourth-order valence-corrected chi connectivity index (χ4v) is 0.973. The monoisotopic (exact) mass is 731 g/mol. The molecule has 94 valence electrons. The second kappa shape index (κ2) is 30.2. The van der Waals surface area contributed by atoms with E-state index >= 15 is 0 Å². The molecule has 0 spiro atoms. The van der Waals surface area contributed by atoms with Gasteiger partial charge in [-0.25, -0.2) is 0 Å². The predicted octanol–water partition coefficient (Wildman–Crippen LogP) is -5.86. The average Bonchev–Trinajstić information content (AvgIpc) is 2.92. The summed E-state index contributed by atoms with van der Waals surface area (Å²) < 4.78 is 0. The molecular formula is C11H19N5Rb6. The van der Waals surface area contributed by atoms with Crippen molar-refractivity contribution in [2.75, 3.05) is 0 Å². The summed E-state index contributed by atoms with van der Waals surface area (Å²) in [7, 11) is 0. The van der Waals surface area contributed by atoms with Crippen LogP contribution in [0.3, 0.4) is 0 Å². The molecule has 2 aromatic heterocycles. The van der Waals surface area contributed by atoms with E-state index in [2.05, 4.69) is 25.4 Å². The summed E-state index contributed by atoms with van der Waals surface area (Å²) in [6.45, 7) is 9.61. The van der Waals surface area contributed by atoms with Crippen LogP contribution in [0.15, 0.2) is 0 Å². The van der Waals surface area contributed by atoms with E-state index in [0.29, 0.717) is 0 Å². The van der Waals surface area contributed by atoms with Crippen LogP contribution < -0.4 is 126 Å². The van der Waals surface area contributed by atoms with E-state index in [9.17, 15) is 0 Å². The first-order chi connectivity index (χ1) is 9.00. The van der Waals surface area contributed by atoms with E-state index in [1.807, 2.05) is 34.6 Å². The zero-order chi connectivity index (χ0) is 15.4. The molecule has 0 fully saturated rings. The van der Waals surface area contributed by atoms with Crippen LogP contribution in [0.4, 0.5) is 0 Å². The van der Waals surface area contributed by atoms with Crippen LogP contribution >= 0.6 is 0 Å². The van der Waals surface area contributed by atoms with Gasteiger partial charge < -0.3 is 20.2 Å². The van der Waals surface area contributed by atoms with Crippen molar-refractivity contribution in [3.05, 3.63) is 28.6 Å². The van der Waals surface area contributed by atoms with E-state index in [-0.39, 0.29) is 124 Å². The Bertz CT molecular complexity index is 410. The summed E-state index contributed by atoms with van der Waals surface area (Å²) in [4.78, 5) is 8.20.